The highest BCUT2D eigenvalue weighted by Crippen LogP contribution is 2.29. The zero-order valence-electron chi connectivity index (χ0n) is 13.2. The Labute approximate surface area is 149 Å². The van der Waals surface area contributed by atoms with Gasteiger partial charge in [0.2, 0.25) is 0 Å². The SMILES string of the molecule is C[C@H]1[C@@H](NC(=S)NNC(=O)c2cc(Br)ccc2F)CCC[C@@H]1C. The average Bonchev–Trinajstić information content (AvgIpc) is 2.52. The van der Waals surface area contributed by atoms with Gasteiger partial charge in [-0.15, -0.1) is 0 Å². The van der Waals surface area contributed by atoms with Crippen molar-refractivity contribution in [2.24, 2.45) is 11.8 Å². The zero-order chi connectivity index (χ0) is 17.0. The predicted octanol–water partition coefficient (Wildman–Crippen LogP) is 3.52. The maximum absolute atomic E-state index is 13.7. The summed E-state index contributed by atoms with van der Waals surface area (Å²) >= 11 is 8.43. The number of benzene rings is 1. The number of carbonyl (C=O) groups is 1. The van der Waals surface area contributed by atoms with E-state index in [0.29, 0.717) is 27.5 Å². The van der Waals surface area contributed by atoms with Crippen molar-refractivity contribution in [3.8, 4) is 0 Å². The summed E-state index contributed by atoms with van der Waals surface area (Å²) < 4.78 is 14.3. The molecule has 1 amide bonds. The first kappa shape index (κ1) is 18.1. The van der Waals surface area contributed by atoms with Crippen LogP contribution < -0.4 is 16.2 Å². The molecule has 0 bridgehead atoms. The number of halogens is 2. The maximum Gasteiger partial charge on any atom is 0.272 e. The number of hydrogen-bond acceptors (Lipinski definition) is 2. The molecule has 23 heavy (non-hydrogen) atoms. The van der Waals surface area contributed by atoms with Gasteiger partial charge in [-0.3, -0.25) is 15.6 Å². The molecule has 0 aliphatic heterocycles. The number of hydrazine groups is 1. The molecule has 0 saturated heterocycles. The van der Waals surface area contributed by atoms with Crippen molar-refractivity contribution in [1.82, 2.24) is 16.2 Å². The molecule has 3 N–H and O–H groups in total. The van der Waals surface area contributed by atoms with Crippen LogP contribution in [-0.4, -0.2) is 17.1 Å². The first-order valence-electron chi connectivity index (χ1n) is 7.70. The number of hydrogen-bond donors (Lipinski definition) is 3. The van der Waals surface area contributed by atoms with Crippen LogP contribution in [0.5, 0.6) is 0 Å². The van der Waals surface area contributed by atoms with Gasteiger partial charge in [0.25, 0.3) is 5.91 Å². The van der Waals surface area contributed by atoms with Gasteiger partial charge < -0.3 is 5.32 Å². The largest absolute Gasteiger partial charge is 0.358 e. The van der Waals surface area contributed by atoms with Gasteiger partial charge in [0.1, 0.15) is 5.82 Å². The van der Waals surface area contributed by atoms with E-state index in [0.717, 1.165) is 6.42 Å². The Balaban J connectivity index is 1.86. The number of rotatable bonds is 2. The highest BCUT2D eigenvalue weighted by atomic mass is 79.9. The summed E-state index contributed by atoms with van der Waals surface area (Å²) in [5.74, 6) is 0.00949. The van der Waals surface area contributed by atoms with Crippen LogP contribution in [0.15, 0.2) is 22.7 Å². The molecule has 1 aromatic rings. The summed E-state index contributed by atoms with van der Waals surface area (Å²) in [4.78, 5) is 12.0. The van der Waals surface area contributed by atoms with E-state index in [9.17, 15) is 9.18 Å². The van der Waals surface area contributed by atoms with E-state index in [1.54, 1.807) is 0 Å². The van der Waals surface area contributed by atoms with Crippen molar-refractivity contribution in [2.45, 2.75) is 39.2 Å². The molecule has 1 saturated carbocycles. The minimum absolute atomic E-state index is 0.0469. The molecule has 7 heteroatoms. The fourth-order valence-corrected chi connectivity index (χ4v) is 3.41. The standard InChI is InChI=1S/C16H21BrFN3OS/c1-9-4-3-5-14(10(9)2)19-16(23)21-20-15(22)12-8-11(17)6-7-13(12)18/h6-10,14H,3-5H2,1-2H3,(H,20,22)(H2,19,21,23)/t9-,10+,14-/m0/s1. The minimum atomic E-state index is -0.582. The second-order valence-corrected chi connectivity index (χ2v) is 7.37. The number of amides is 1. The van der Waals surface area contributed by atoms with Crippen molar-refractivity contribution in [3.05, 3.63) is 34.1 Å². The molecule has 0 aromatic heterocycles. The molecule has 2 rings (SSSR count). The molecule has 1 aliphatic rings. The third-order valence-corrected chi connectivity index (χ3v) is 5.20. The lowest BCUT2D eigenvalue weighted by atomic mass is 9.78. The van der Waals surface area contributed by atoms with Crippen molar-refractivity contribution >= 4 is 39.2 Å². The monoisotopic (exact) mass is 401 g/mol. The Hall–Kier alpha value is -1.21. The van der Waals surface area contributed by atoms with Gasteiger partial charge in [-0.2, -0.15) is 0 Å². The van der Waals surface area contributed by atoms with Crippen molar-refractivity contribution in [3.63, 3.8) is 0 Å². The lowest BCUT2D eigenvalue weighted by Gasteiger charge is -2.35. The summed E-state index contributed by atoms with van der Waals surface area (Å²) in [6, 6.07) is 4.49. The topological polar surface area (TPSA) is 53.2 Å². The molecular weight excluding hydrogens is 381 g/mol. The predicted molar refractivity (Wildman–Crippen MR) is 96.4 cm³/mol. The van der Waals surface area contributed by atoms with Gasteiger partial charge in [0, 0.05) is 10.5 Å². The van der Waals surface area contributed by atoms with Crippen LogP contribution in [0.4, 0.5) is 4.39 Å². The van der Waals surface area contributed by atoms with Gasteiger partial charge in [0.15, 0.2) is 5.11 Å². The molecule has 0 heterocycles. The van der Waals surface area contributed by atoms with Crippen molar-refractivity contribution < 1.29 is 9.18 Å². The number of carbonyl (C=O) groups excluding carboxylic acids is 1. The molecule has 4 nitrogen and oxygen atoms in total. The van der Waals surface area contributed by atoms with Crippen molar-refractivity contribution in [2.75, 3.05) is 0 Å². The minimum Gasteiger partial charge on any atom is -0.358 e. The second kappa shape index (κ2) is 8.06. The molecule has 0 spiro atoms. The van der Waals surface area contributed by atoms with Gasteiger partial charge in [-0.05, 0) is 48.7 Å². The zero-order valence-corrected chi connectivity index (χ0v) is 15.6. The highest BCUT2D eigenvalue weighted by molar-refractivity contribution is 9.10. The van der Waals surface area contributed by atoms with Crippen LogP contribution in [0, 0.1) is 17.7 Å². The van der Waals surface area contributed by atoms with E-state index in [1.165, 1.54) is 31.0 Å². The molecule has 3 atom stereocenters. The van der Waals surface area contributed by atoms with E-state index in [1.807, 2.05) is 0 Å². The van der Waals surface area contributed by atoms with Crippen LogP contribution in [0.25, 0.3) is 0 Å². The van der Waals surface area contributed by atoms with E-state index >= 15 is 0 Å². The van der Waals surface area contributed by atoms with Gasteiger partial charge in [-0.1, -0.05) is 42.6 Å². The summed E-state index contributed by atoms with van der Waals surface area (Å²) in [5, 5.41) is 3.58. The van der Waals surface area contributed by atoms with E-state index in [-0.39, 0.29) is 5.56 Å². The Morgan fingerprint density at radius 1 is 1.30 bits per heavy atom. The number of thiocarbonyl (C=S) groups is 1. The van der Waals surface area contributed by atoms with Crippen LogP contribution in [0.3, 0.4) is 0 Å². The summed E-state index contributed by atoms with van der Waals surface area (Å²) in [5.41, 5.74) is 5.03. The second-order valence-electron chi connectivity index (χ2n) is 6.05. The Kier molecular flexibility index (Phi) is 6.35. The smallest absolute Gasteiger partial charge is 0.272 e. The van der Waals surface area contributed by atoms with Crippen LogP contribution in [-0.2, 0) is 0 Å². The molecule has 0 radical (unpaired) electrons. The van der Waals surface area contributed by atoms with E-state index in [4.69, 9.17) is 12.2 Å². The maximum atomic E-state index is 13.7. The summed E-state index contributed by atoms with van der Waals surface area (Å²) in [6.07, 6.45) is 3.46. The highest BCUT2D eigenvalue weighted by Gasteiger charge is 2.27. The molecule has 1 aromatic carbocycles. The Bertz CT molecular complexity index is 599. The third-order valence-electron chi connectivity index (χ3n) is 4.49. The van der Waals surface area contributed by atoms with Gasteiger partial charge >= 0.3 is 0 Å². The van der Waals surface area contributed by atoms with Crippen LogP contribution in [0.1, 0.15) is 43.5 Å². The summed E-state index contributed by atoms with van der Waals surface area (Å²) in [7, 11) is 0. The molecule has 1 fully saturated rings. The Morgan fingerprint density at radius 2 is 2.04 bits per heavy atom. The van der Waals surface area contributed by atoms with Crippen LogP contribution >= 0.6 is 28.1 Å². The Morgan fingerprint density at radius 3 is 2.78 bits per heavy atom. The third kappa shape index (κ3) is 4.88. The summed E-state index contributed by atoms with van der Waals surface area (Å²) in [6.45, 7) is 4.45. The first-order chi connectivity index (χ1) is 10.9. The lowest BCUT2D eigenvalue weighted by Crippen LogP contribution is -2.52. The fourth-order valence-electron chi connectivity index (χ4n) is 2.84. The molecular formula is C16H21BrFN3OS. The average molecular weight is 402 g/mol. The molecule has 0 unspecified atom stereocenters. The van der Waals surface area contributed by atoms with Crippen molar-refractivity contribution in [1.29, 1.82) is 0 Å². The normalized spacial score (nSPS) is 23.9. The first-order valence-corrected chi connectivity index (χ1v) is 8.90. The molecule has 1 aliphatic carbocycles. The molecule has 126 valence electrons. The van der Waals surface area contributed by atoms with Gasteiger partial charge in [-0.25, -0.2) is 4.39 Å². The number of nitrogens with one attached hydrogen (secondary N) is 3. The van der Waals surface area contributed by atoms with E-state index in [2.05, 4.69) is 45.9 Å². The van der Waals surface area contributed by atoms with Gasteiger partial charge in [0.05, 0.1) is 5.56 Å². The van der Waals surface area contributed by atoms with E-state index < -0.39 is 11.7 Å². The fraction of sp³-hybridized carbons (Fsp3) is 0.500. The lowest BCUT2D eigenvalue weighted by molar-refractivity contribution is 0.0939. The quantitative estimate of drug-likeness (QED) is 0.524. The van der Waals surface area contributed by atoms with Crippen LogP contribution in [0.2, 0.25) is 0 Å².